The Morgan fingerprint density at radius 3 is 2.55 bits per heavy atom. The molecule has 11 heavy (non-hydrogen) atoms. The molecule has 0 atom stereocenters. The van der Waals surface area contributed by atoms with Crippen LogP contribution in [-0.2, 0) is 0 Å². The SMILES string of the molecule is CC(=CCN)CCCC(C)C. The Bertz CT molecular complexity index is 114. The molecule has 1 nitrogen and oxygen atoms in total. The van der Waals surface area contributed by atoms with Gasteiger partial charge in [0, 0.05) is 6.54 Å². The molecule has 0 bridgehead atoms. The van der Waals surface area contributed by atoms with Crippen LogP contribution < -0.4 is 5.73 Å². The Labute approximate surface area is 70.7 Å². The molecule has 0 heterocycles. The lowest BCUT2D eigenvalue weighted by atomic mass is 10.0. The molecular weight excluding hydrogens is 134 g/mol. The van der Waals surface area contributed by atoms with Crippen molar-refractivity contribution in [3.63, 3.8) is 0 Å². The molecule has 0 amide bonds. The van der Waals surface area contributed by atoms with E-state index in [2.05, 4.69) is 26.8 Å². The van der Waals surface area contributed by atoms with E-state index >= 15 is 0 Å². The number of nitrogens with two attached hydrogens (primary N) is 1. The first-order valence-corrected chi connectivity index (χ1v) is 4.52. The number of hydrogen-bond donors (Lipinski definition) is 1. The molecule has 0 saturated heterocycles. The normalized spacial score (nSPS) is 12.6. The topological polar surface area (TPSA) is 26.0 Å². The summed E-state index contributed by atoms with van der Waals surface area (Å²) < 4.78 is 0. The summed E-state index contributed by atoms with van der Waals surface area (Å²) in [6.45, 7) is 7.38. The lowest BCUT2D eigenvalue weighted by molar-refractivity contribution is 0.554. The minimum atomic E-state index is 0.688. The van der Waals surface area contributed by atoms with Crippen LogP contribution in [0.2, 0.25) is 0 Å². The molecule has 0 aliphatic heterocycles. The third kappa shape index (κ3) is 7.60. The van der Waals surface area contributed by atoms with E-state index < -0.39 is 0 Å². The summed E-state index contributed by atoms with van der Waals surface area (Å²) in [6, 6.07) is 0. The predicted octanol–water partition coefficient (Wildman–Crippen LogP) is 2.72. The monoisotopic (exact) mass is 155 g/mol. The summed E-state index contributed by atoms with van der Waals surface area (Å²) in [5.74, 6) is 0.834. The Morgan fingerprint density at radius 2 is 2.09 bits per heavy atom. The molecule has 0 radical (unpaired) electrons. The molecule has 0 aliphatic carbocycles. The van der Waals surface area contributed by atoms with Crippen LogP contribution in [0.5, 0.6) is 0 Å². The highest BCUT2D eigenvalue weighted by molar-refractivity contribution is 4.98. The highest BCUT2D eigenvalue weighted by Crippen LogP contribution is 2.10. The van der Waals surface area contributed by atoms with Crippen molar-refractivity contribution in [2.75, 3.05) is 6.54 Å². The van der Waals surface area contributed by atoms with E-state index in [-0.39, 0.29) is 0 Å². The van der Waals surface area contributed by atoms with Crippen molar-refractivity contribution >= 4 is 0 Å². The van der Waals surface area contributed by atoms with E-state index in [1.54, 1.807) is 0 Å². The standard InChI is InChI=1S/C10H21N/c1-9(2)5-4-6-10(3)7-8-11/h7,9H,4-6,8,11H2,1-3H3. The third-order valence-electron chi connectivity index (χ3n) is 1.82. The summed E-state index contributed by atoms with van der Waals surface area (Å²) in [5.41, 5.74) is 6.82. The van der Waals surface area contributed by atoms with E-state index in [0.717, 1.165) is 5.92 Å². The maximum absolute atomic E-state index is 5.38. The highest BCUT2D eigenvalue weighted by Gasteiger charge is 1.94. The van der Waals surface area contributed by atoms with Crippen LogP contribution in [0, 0.1) is 5.92 Å². The second-order valence-corrected chi connectivity index (χ2v) is 3.57. The van der Waals surface area contributed by atoms with E-state index in [0.29, 0.717) is 6.54 Å². The predicted molar refractivity (Wildman–Crippen MR) is 51.5 cm³/mol. The number of hydrogen-bond acceptors (Lipinski definition) is 1. The summed E-state index contributed by atoms with van der Waals surface area (Å²) in [7, 11) is 0. The fourth-order valence-electron chi connectivity index (χ4n) is 1.09. The Balaban J connectivity index is 3.31. The van der Waals surface area contributed by atoms with Gasteiger partial charge in [-0.15, -0.1) is 0 Å². The average Bonchev–Trinajstić information content (AvgIpc) is 1.87. The fourth-order valence-corrected chi connectivity index (χ4v) is 1.09. The summed E-state index contributed by atoms with van der Waals surface area (Å²) >= 11 is 0. The third-order valence-corrected chi connectivity index (χ3v) is 1.82. The van der Waals surface area contributed by atoms with Crippen LogP contribution in [0.3, 0.4) is 0 Å². The van der Waals surface area contributed by atoms with Crippen molar-refractivity contribution in [1.82, 2.24) is 0 Å². The molecule has 0 aliphatic rings. The maximum Gasteiger partial charge on any atom is 0.0109 e. The van der Waals surface area contributed by atoms with Crippen molar-refractivity contribution in [2.45, 2.75) is 40.0 Å². The van der Waals surface area contributed by atoms with Gasteiger partial charge in [-0.25, -0.2) is 0 Å². The molecule has 0 fully saturated rings. The van der Waals surface area contributed by atoms with E-state index in [9.17, 15) is 0 Å². The first kappa shape index (κ1) is 10.7. The zero-order chi connectivity index (χ0) is 8.69. The Hall–Kier alpha value is -0.300. The quantitative estimate of drug-likeness (QED) is 0.607. The number of allylic oxidation sites excluding steroid dienone is 1. The van der Waals surface area contributed by atoms with Crippen molar-refractivity contribution in [2.24, 2.45) is 11.7 Å². The second kappa shape index (κ2) is 6.41. The molecule has 0 aromatic heterocycles. The van der Waals surface area contributed by atoms with E-state index in [1.807, 2.05) is 0 Å². The summed E-state index contributed by atoms with van der Waals surface area (Å²) in [6.07, 6.45) is 5.96. The van der Waals surface area contributed by atoms with Gasteiger partial charge in [0.2, 0.25) is 0 Å². The van der Waals surface area contributed by atoms with Gasteiger partial charge >= 0.3 is 0 Å². The van der Waals surface area contributed by atoms with Crippen LogP contribution in [-0.4, -0.2) is 6.54 Å². The van der Waals surface area contributed by atoms with Gasteiger partial charge in [0.05, 0.1) is 0 Å². The zero-order valence-electron chi connectivity index (χ0n) is 8.06. The smallest absolute Gasteiger partial charge is 0.0109 e. The van der Waals surface area contributed by atoms with Crippen LogP contribution in [0.15, 0.2) is 11.6 Å². The molecule has 0 unspecified atom stereocenters. The van der Waals surface area contributed by atoms with Crippen molar-refractivity contribution < 1.29 is 0 Å². The summed E-state index contributed by atoms with van der Waals surface area (Å²) in [4.78, 5) is 0. The van der Waals surface area contributed by atoms with Gasteiger partial charge in [-0.05, 0) is 25.7 Å². The van der Waals surface area contributed by atoms with Crippen molar-refractivity contribution in [3.8, 4) is 0 Å². The van der Waals surface area contributed by atoms with Crippen LogP contribution in [0.1, 0.15) is 40.0 Å². The molecule has 0 aromatic carbocycles. The average molecular weight is 155 g/mol. The molecule has 1 heteroatoms. The largest absolute Gasteiger partial charge is 0.327 e. The number of rotatable bonds is 5. The van der Waals surface area contributed by atoms with Crippen LogP contribution in [0.25, 0.3) is 0 Å². The van der Waals surface area contributed by atoms with Crippen LogP contribution >= 0.6 is 0 Å². The van der Waals surface area contributed by atoms with Gasteiger partial charge in [0.1, 0.15) is 0 Å². The van der Waals surface area contributed by atoms with E-state index in [1.165, 1.54) is 24.8 Å². The van der Waals surface area contributed by atoms with Crippen molar-refractivity contribution in [1.29, 1.82) is 0 Å². The van der Waals surface area contributed by atoms with Gasteiger partial charge in [-0.2, -0.15) is 0 Å². The van der Waals surface area contributed by atoms with Crippen LogP contribution in [0.4, 0.5) is 0 Å². The highest BCUT2D eigenvalue weighted by atomic mass is 14.5. The first-order chi connectivity index (χ1) is 5.16. The molecule has 0 aromatic rings. The second-order valence-electron chi connectivity index (χ2n) is 3.57. The van der Waals surface area contributed by atoms with Gasteiger partial charge in [-0.1, -0.05) is 31.9 Å². The van der Waals surface area contributed by atoms with Gasteiger partial charge in [0.25, 0.3) is 0 Å². The fraction of sp³-hybridized carbons (Fsp3) is 0.800. The first-order valence-electron chi connectivity index (χ1n) is 4.52. The van der Waals surface area contributed by atoms with Gasteiger partial charge in [0.15, 0.2) is 0 Å². The van der Waals surface area contributed by atoms with Gasteiger partial charge in [-0.3, -0.25) is 0 Å². The van der Waals surface area contributed by atoms with Crippen molar-refractivity contribution in [3.05, 3.63) is 11.6 Å². The summed E-state index contributed by atoms with van der Waals surface area (Å²) in [5, 5.41) is 0. The minimum absolute atomic E-state index is 0.688. The molecule has 2 N–H and O–H groups in total. The van der Waals surface area contributed by atoms with E-state index in [4.69, 9.17) is 5.73 Å². The molecule has 0 rings (SSSR count). The zero-order valence-corrected chi connectivity index (χ0v) is 8.06. The molecular formula is C10H21N. The molecule has 0 saturated carbocycles. The Kier molecular flexibility index (Phi) is 6.24. The molecule has 0 spiro atoms. The lowest BCUT2D eigenvalue weighted by Gasteiger charge is -2.03. The molecule has 66 valence electrons. The Morgan fingerprint density at radius 1 is 1.45 bits per heavy atom. The van der Waals surface area contributed by atoms with Gasteiger partial charge < -0.3 is 5.73 Å². The lowest BCUT2D eigenvalue weighted by Crippen LogP contribution is -1.95. The maximum atomic E-state index is 5.38. The minimum Gasteiger partial charge on any atom is -0.327 e.